The first-order valence-electron chi connectivity index (χ1n) is 11.3. The maximum absolute atomic E-state index is 11.8. The van der Waals surface area contributed by atoms with Gasteiger partial charge in [-0.15, -0.1) is 0 Å². The lowest BCUT2D eigenvalue weighted by Gasteiger charge is -2.44. The summed E-state index contributed by atoms with van der Waals surface area (Å²) in [5, 5.41) is 22.8. The lowest BCUT2D eigenvalue weighted by molar-refractivity contribution is -0.187. The van der Waals surface area contributed by atoms with Crippen molar-refractivity contribution in [2.75, 3.05) is 6.61 Å². The van der Waals surface area contributed by atoms with Crippen LogP contribution in [0.15, 0.2) is 60.7 Å². The van der Waals surface area contributed by atoms with Crippen molar-refractivity contribution in [3.05, 3.63) is 60.7 Å². The summed E-state index contributed by atoms with van der Waals surface area (Å²) in [4.78, 5) is 34.7. The summed E-state index contributed by atoms with van der Waals surface area (Å²) < 4.78 is 16.9. The van der Waals surface area contributed by atoms with Crippen LogP contribution in [0.1, 0.15) is 34.6 Å². The Kier molecular flexibility index (Phi) is 9.90. The van der Waals surface area contributed by atoms with Crippen LogP contribution in [0.3, 0.4) is 0 Å². The molecule has 2 aromatic carbocycles. The monoisotopic (exact) mass is 502 g/mol. The first-order valence-corrected chi connectivity index (χ1v) is 13.3. The number of rotatable bonds is 11. The molecule has 35 heavy (non-hydrogen) atoms. The molecule has 2 rings (SSSR count). The molecular formula is C26H34O8Si. The molecule has 4 unspecified atom stereocenters. The van der Waals surface area contributed by atoms with Crippen molar-refractivity contribution < 1.29 is 38.5 Å². The van der Waals surface area contributed by atoms with Gasteiger partial charge in [0, 0.05) is 13.8 Å². The number of carbonyl (C=O) groups is 3. The third-order valence-corrected chi connectivity index (χ3v) is 10.7. The Labute approximate surface area is 207 Å². The predicted octanol–water partition coefficient (Wildman–Crippen LogP) is 1.35. The standard InChI is InChI=1S/C26H34O8Si/c1-18(28)33-24(22(30)16-27)25(34-19(2)29)23(31)17-32-35(26(3,4)5,20-12-8-6-9-13-20)21-14-10-7-11-15-21/h6-16,22-25,30-31H,17H2,1-5H3. The SMILES string of the molecule is CC(=O)OC(C(O)C=O)C(OC(C)=O)C(O)CO[Si](c1ccccc1)(c1ccccc1)C(C)(C)C. The van der Waals surface area contributed by atoms with E-state index < -0.39 is 44.7 Å². The van der Waals surface area contributed by atoms with Gasteiger partial charge in [-0.2, -0.15) is 0 Å². The van der Waals surface area contributed by atoms with Gasteiger partial charge in [-0.3, -0.25) is 9.59 Å². The summed E-state index contributed by atoms with van der Waals surface area (Å²) in [5.74, 6) is -1.59. The minimum Gasteiger partial charge on any atom is -0.456 e. The van der Waals surface area contributed by atoms with Crippen LogP contribution >= 0.6 is 0 Å². The van der Waals surface area contributed by atoms with Gasteiger partial charge in [0.15, 0.2) is 18.5 Å². The molecule has 0 bridgehead atoms. The summed E-state index contributed by atoms with van der Waals surface area (Å²) in [6, 6.07) is 19.4. The van der Waals surface area contributed by atoms with Gasteiger partial charge >= 0.3 is 11.9 Å². The molecule has 0 spiro atoms. The summed E-state index contributed by atoms with van der Waals surface area (Å²) in [6.45, 7) is 8.07. The summed E-state index contributed by atoms with van der Waals surface area (Å²) in [5.41, 5.74) is 0. The van der Waals surface area contributed by atoms with Crippen LogP contribution in [0, 0.1) is 0 Å². The van der Waals surface area contributed by atoms with Crippen LogP contribution in [0.2, 0.25) is 5.04 Å². The molecule has 2 N–H and O–H groups in total. The van der Waals surface area contributed by atoms with E-state index >= 15 is 0 Å². The Morgan fingerprint density at radius 1 is 0.857 bits per heavy atom. The second kappa shape index (κ2) is 12.2. The normalized spacial score (nSPS) is 15.4. The molecule has 0 amide bonds. The fourth-order valence-electron chi connectivity index (χ4n) is 4.22. The molecule has 9 heteroatoms. The quantitative estimate of drug-likeness (QED) is 0.269. The van der Waals surface area contributed by atoms with Crippen molar-refractivity contribution in [3.8, 4) is 0 Å². The fourth-order valence-corrected chi connectivity index (χ4v) is 8.80. The van der Waals surface area contributed by atoms with Crippen molar-refractivity contribution in [2.45, 2.75) is 64.1 Å². The smallest absolute Gasteiger partial charge is 0.303 e. The van der Waals surface area contributed by atoms with Crippen LogP contribution in [0.25, 0.3) is 0 Å². The molecule has 0 saturated carbocycles. The number of hydrogen-bond acceptors (Lipinski definition) is 8. The zero-order valence-electron chi connectivity index (χ0n) is 20.7. The largest absolute Gasteiger partial charge is 0.456 e. The van der Waals surface area contributed by atoms with Crippen molar-refractivity contribution in [3.63, 3.8) is 0 Å². The zero-order valence-corrected chi connectivity index (χ0v) is 21.7. The maximum Gasteiger partial charge on any atom is 0.303 e. The van der Waals surface area contributed by atoms with Crippen molar-refractivity contribution in [1.82, 2.24) is 0 Å². The summed E-state index contributed by atoms with van der Waals surface area (Å²) >= 11 is 0. The predicted molar refractivity (Wildman–Crippen MR) is 133 cm³/mol. The molecule has 0 aliphatic carbocycles. The van der Waals surface area contributed by atoms with Crippen molar-refractivity contribution >= 4 is 36.9 Å². The summed E-state index contributed by atoms with van der Waals surface area (Å²) in [7, 11) is -3.04. The molecule has 0 saturated heterocycles. The molecule has 8 nitrogen and oxygen atoms in total. The average molecular weight is 503 g/mol. The molecule has 0 aliphatic rings. The van der Waals surface area contributed by atoms with E-state index in [1.807, 2.05) is 60.7 Å². The summed E-state index contributed by atoms with van der Waals surface area (Å²) in [6.07, 6.45) is -6.31. The molecular weight excluding hydrogens is 468 g/mol. The second-order valence-electron chi connectivity index (χ2n) is 9.32. The topological polar surface area (TPSA) is 119 Å². The molecule has 0 aromatic heterocycles. The van der Waals surface area contributed by atoms with E-state index in [1.54, 1.807) is 0 Å². The highest BCUT2D eigenvalue weighted by atomic mass is 28.4. The molecule has 0 heterocycles. The second-order valence-corrected chi connectivity index (χ2v) is 13.6. The lowest BCUT2D eigenvalue weighted by Crippen LogP contribution is -2.67. The van der Waals surface area contributed by atoms with E-state index in [4.69, 9.17) is 13.9 Å². The highest BCUT2D eigenvalue weighted by molar-refractivity contribution is 6.99. The lowest BCUT2D eigenvalue weighted by atomic mass is 10.0. The van der Waals surface area contributed by atoms with Crippen molar-refractivity contribution in [1.29, 1.82) is 0 Å². The van der Waals surface area contributed by atoms with E-state index in [-0.39, 0.29) is 17.9 Å². The van der Waals surface area contributed by atoms with E-state index in [9.17, 15) is 24.6 Å². The third kappa shape index (κ3) is 6.85. The molecule has 0 aliphatic heterocycles. The van der Waals surface area contributed by atoms with E-state index in [0.717, 1.165) is 24.2 Å². The van der Waals surface area contributed by atoms with Gasteiger partial charge < -0.3 is 28.9 Å². The Bertz CT molecular complexity index is 934. The highest BCUT2D eigenvalue weighted by Crippen LogP contribution is 2.37. The number of aliphatic hydroxyl groups excluding tert-OH is 2. The zero-order chi connectivity index (χ0) is 26.2. The fraction of sp³-hybridized carbons (Fsp3) is 0.423. The molecule has 4 atom stereocenters. The van der Waals surface area contributed by atoms with E-state index in [0.29, 0.717) is 0 Å². The Morgan fingerprint density at radius 3 is 1.66 bits per heavy atom. The number of ether oxygens (including phenoxy) is 2. The van der Waals surface area contributed by atoms with Crippen LogP contribution in [-0.4, -0.2) is 67.8 Å². The average Bonchev–Trinajstić information content (AvgIpc) is 2.81. The number of benzene rings is 2. The van der Waals surface area contributed by atoms with Gasteiger partial charge in [-0.25, -0.2) is 0 Å². The van der Waals surface area contributed by atoms with Crippen LogP contribution in [-0.2, 0) is 28.3 Å². The van der Waals surface area contributed by atoms with E-state index in [2.05, 4.69) is 20.8 Å². The van der Waals surface area contributed by atoms with Gasteiger partial charge in [0.2, 0.25) is 0 Å². The van der Waals surface area contributed by atoms with Crippen LogP contribution < -0.4 is 10.4 Å². The highest BCUT2D eigenvalue weighted by Gasteiger charge is 2.51. The molecule has 190 valence electrons. The van der Waals surface area contributed by atoms with Crippen molar-refractivity contribution in [2.24, 2.45) is 0 Å². The number of aldehydes is 1. The Morgan fingerprint density at radius 2 is 1.29 bits per heavy atom. The third-order valence-electron chi connectivity index (χ3n) is 5.67. The van der Waals surface area contributed by atoms with Crippen LogP contribution in [0.4, 0.5) is 0 Å². The number of aliphatic hydroxyl groups is 2. The maximum atomic E-state index is 11.8. The molecule has 2 aromatic rings. The van der Waals surface area contributed by atoms with Gasteiger partial charge in [0.1, 0.15) is 12.2 Å². The number of esters is 2. The number of carbonyl (C=O) groups excluding carboxylic acids is 3. The first-order chi connectivity index (χ1) is 16.4. The Hall–Kier alpha value is -2.85. The molecule has 0 radical (unpaired) electrons. The van der Waals surface area contributed by atoms with Gasteiger partial charge in [0.25, 0.3) is 8.32 Å². The van der Waals surface area contributed by atoms with Gasteiger partial charge in [-0.05, 0) is 15.4 Å². The van der Waals surface area contributed by atoms with Gasteiger partial charge in [0.05, 0.1) is 6.61 Å². The first kappa shape index (κ1) is 28.4. The molecule has 0 fully saturated rings. The van der Waals surface area contributed by atoms with E-state index in [1.165, 1.54) is 0 Å². The minimum absolute atomic E-state index is 0.153. The number of hydrogen-bond donors (Lipinski definition) is 2. The Balaban J connectivity index is 2.52. The minimum atomic E-state index is -3.04. The van der Waals surface area contributed by atoms with Crippen LogP contribution in [0.5, 0.6) is 0 Å². The van der Waals surface area contributed by atoms with Gasteiger partial charge in [-0.1, -0.05) is 81.4 Å².